The van der Waals surface area contributed by atoms with Crippen LogP contribution in [0.1, 0.15) is 239 Å². The summed E-state index contributed by atoms with van der Waals surface area (Å²) in [5, 5.41) is 23.5. The molecule has 0 heterocycles. The zero-order chi connectivity index (χ0) is 37.5. The van der Waals surface area contributed by atoms with E-state index in [4.69, 9.17) is 4.74 Å². The number of carbonyl (C=O) groups excluding carboxylic acids is 2. The first kappa shape index (κ1) is 49.6. The lowest BCUT2D eigenvalue weighted by molar-refractivity contribution is -0.151. The predicted molar refractivity (Wildman–Crippen MR) is 218 cm³/mol. The highest BCUT2D eigenvalue weighted by atomic mass is 16.5. The topological polar surface area (TPSA) is 95.9 Å². The van der Waals surface area contributed by atoms with Crippen molar-refractivity contribution in [3.05, 3.63) is 12.2 Å². The fourth-order valence-electron chi connectivity index (χ4n) is 6.89. The number of rotatable bonds is 40. The maximum absolute atomic E-state index is 13.0. The molecule has 0 aliphatic heterocycles. The summed E-state index contributed by atoms with van der Waals surface area (Å²) in [6.07, 6.45) is 41.4. The number of hydrogen-bond acceptors (Lipinski definition) is 5. The Morgan fingerprint density at radius 3 is 1.41 bits per heavy atom. The first-order valence-corrected chi connectivity index (χ1v) is 22.4. The van der Waals surface area contributed by atoms with Gasteiger partial charge in [-0.3, -0.25) is 9.59 Å². The van der Waals surface area contributed by atoms with Crippen LogP contribution in [0.15, 0.2) is 12.2 Å². The summed E-state index contributed by atoms with van der Waals surface area (Å²) in [6, 6.07) is -0.692. The van der Waals surface area contributed by atoms with Crippen molar-refractivity contribution >= 4 is 11.9 Å². The summed E-state index contributed by atoms with van der Waals surface area (Å²) in [6.45, 7) is 6.42. The molecule has 51 heavy (non-hydrogen) atoms. The predicted octanol–water partition coefficient (Wildman–Crippen LogP) is 12.6. The lowest BCUT2D eigenvalue weighted by atomic mass is 10.0. The molecule has 3 unspecified atom stereocenters. The number of nitrogens with one attached hydrogen (secondary N) is 1. The number of hydrogen-bond donors (Lipinski definition) is 3. The largest absolute Gasteiger partial charge is 0.462 e. The third kappa shape index (κ3) is 35.4. The number of aliphatic hydroxyl groups is 2. The van der Waals surface area contributed by atoms with Gasteiger partial charge in [0.1, 0.15) is 6.10 Å². The maximum Gasteiger partial charge on any atom is 0.306 e. The van der Waals surface area contributed by atoms with Gasteiger partial charge in [-0.05, 0) is 51.4 Å². The van der Waals surface area contributed by atoms with E-state index in [1.807, 2.05) is 0 Å². The molecule has 0 aliphatic rings. The summed E-state index contributed by atoms with van der Waals surface area (Å²) in [5.74, 6) is -0.476. The van der Waals surface area contributed by atoms with Crippen molar-refractivity contribution in [2.45, 2.75) is 257 Å². The Morgan fingerprint density at radius 2 is 0.941 bits per heavy atom. The average Bonchev–Trinajstić information content (AvgIpc) is 3.12. The van der Waals surface area contributed by atoms with Crippen molar-refractivity contribution in [2.24, 2.45) is 0 Å². The third-order valence-corrected chi connectivity index (χ3v) is 10.3. The van der Waals surface area contributed by atoms with Crippen molar-refractivity contribution in [3.63, 3.8) is 0 Å². The van der Waals surface area contributed by atoms with Crippen LogP contribution in [-0.2, 0) is 14.3 Å². The zero-order valence-corrected chi connectivity index (χ0v) is 34.3. The van der Waals surface area contributed by atoms with E-state index in [9.17, 15) is 19.8 Å². The second-order valence-corrected chi connectivity index (χ2v) is 15.5. The monoisotopic (exact) mass is 722 g/mol. The van der Waals surface area contributed by atoms with Gasteiger partial charge in [0.15, 0.2) is 0 Å². The molecule has 3 N–H and O–H groups in total. The molecule has 6 heteroatoms. The molecule has 302 valence electrons. The van der Waals surface area contributed by atoms with E-state index in [1.54, 1.807) is 0 Å². The first-order chi connectivity index (χ1) is 25.0. The molecule has 0 aromatic rings. The van der Waals surface area contributed by atoms with Crippen LogP contribution in [0, 0.1) is 0 Å². The zero-order valence-electron chi connectivity index (χ0n) is 34.3. The fraction of sp³-hybridized carbons (Fsp3) is 0.911. The van der Waals surface area contributed by atoms with Crippen molar-refractivity contribution < 1.29 is 24.5 Å². The van der Waals surface area contributed by atoms with Gasteiger partial charge in [0.25, 0.3) is 0 Å². The Balaban J connectivity index is 4.42. The minimum atomic E-state index is -0.779. The van der Waals surface area contributed by atoms with Gasteiger partial charge >= 0.3 is 5.97 Å². The Bertz CT molecular complexity index is 772. The van der Waals surface area contributed by atoms with Crippen LogP contribution < -0.4 is 5.32 Å². The van der Waals surface area contributed by atoms with Crippen molar-refractivity contribution in [1.29, 1.82) is 0 Å². The van der Waals surface area contributed by atoms with E-state index >= 15 is 0 Å². The molecule has 0 aromatic carbocycles. The van der Waals surface area contributed by atoms with Crippen LogP contribution in [0.3, 0.4) is 0 Å². The van der Waals surface area contributed by atoms with Crippen molar-refractivity contribution in [2.75, 3.05) is 6.61 Å². The lowest BCUT2D eigenvalue weighted by Crippen LogP contribution is -2.46. The first-order valence-electron chi connectivity index (χ1n) is 22.4. The van der Waals surface area contributed by atoms with Gasteiger partial charge in [-0.2, -0.15) is 0 Å². The minimum absolute atomic E-state index is 0.0805. The Hall–Kier alpha value is -1.40. The molecule has 0 aliphatic carbocycles. The fourth-order valence-corrected chi connectivity index (χ4v) is 6.89. The van der Waals surface area contributed by atoms with Crippen LogP contribution in [0.4, 0.5) is 0 Å². The quantitative estimate of drug-likeness (QED) is 0.0332. The molecule has 0 bridgehead atoms. The van der Waals surface area contributed by atoms with Gasteiger partial charge in [0.2, 0.25) is 5.91 Å². The van der Waals surface area contributed by atoms with Gasteiger partial charge in [-0.1, -0.05) is 187 Å². The van der Waals surface area contributed by atoms with Crippen LogP contribution >= 0.6 is 0 Å². The van der Waals surface area contributed by atoms with Gasteiger partial charge in [0.05, 0.1) is 25.2 Å². The molecule has 0 saturated heterocycles. The number of amides is 1. The lowest BCUT2D eigenvalue weighted by Gasteiger charge is -2.24. The molecular weight excluding hydrogens is 634 g/mol. The van der Waals surface area contributed by atoms with E-state index in [1.165, 1.54) is 148 Å². The standard InChI is InChI=1S/C45H87NO5/c1-4-7-10-13-16-18-20-21-22-23-24-26-29-32-35-38-45(50)51-41(36-33-30-27-15-12-9-6-3)39-44(49)46-42(40-47)43(48)37-34-31-28-25-19-17-14-11-8-5-2/h18,20,41-43,47-48H,4-17,19,21-40H2,1-3H3,(H,46,49)/b20-18-. The second kappa shape index (κ2) is 39.8. The molecule has 0 spiro atoms. The number of esters is 1. The van der Waals surface area contributed by atoms with Crippen LogP contribution in [0.2, 0.25) is 0 Å². The molecule has 0 aromatic heterocycles. The minimum Gasteiger partial charge on any atom is -0.462 e. The van der Waals surface area contributed by atoms with Crippen LogP contribution in [0.25, 0.3) is 0 Å². The van der Waals surface area contributed by atoms with Crippen LogP contribution in [0.5, 0.6) is 0 Å². The summed E-state index contributed by atoms with van der Waals surface area (Å²) >= 11 is 0. The molecular formula is C45H87NO5. The highest BCUT2D eigenvalue weighted by Crippen LogP contribution is 2.17. The maximum atomic E-state index is 13.0. The number of ether oxygens (including phenoxy) is 1. The van der Waals surface area contributed by atoms with Crippen molar-refractivity contribution in [1.82, 2.24) is 5.32 Å². The van der Waals surface area contributed by atoms with E-state index in [2.05, 4.69) is 38.2 Å². The third-order valence-electron chi connectivity index (χ3n) is 10.3. The molecule has 6 nitrogen and oxygen atoms in total. The molecule has 0 radical (unpaired) electrons. The summed E-state index contributed by atoms with van der Waals surface area (Å²) in [4.78, 5) is 25.8. The Labute approximate surface area is 317 Å². The molecule has 3 atom stereocenters. The summed E-state index contributed by atoms with van der Waals surface area (Å²) in [7, 11) is 0. The van der Waals surface area contributed by atoms with Gasteiger partial charge in [-0.15, -0.1) is 0 Å². The summed E-state index contributed by atoms with van der Waals surface area (Å²) < 4.78 is 5.87. The van der Waals surface area contributed by atoms with E-state index in [-0.39, 0.29) is 24.9 Å². The van der Waals surface area contributed by atoms with E-state index in [0.29, 0.717) is 19.3 Å². The highest BCUT2D eigenvalue weighted by Gasteiger charge is 2.24. The van der Waals surface area contributed by atoms with Gasteiger partial charge in [-0.25, -0.2) is 0 Å². The van der Waals surface area contributed by atoms with E-state index in [0.717, 1.165) is 44.9 Å². The SMILES string of the molecule is CCCCCC/C=C\CCCCCCCCCC(=O)OC(CCCCCCCCC)CC(=O)NC(CO)C(O)CCCCCCCCCCCC. The smallest absolute Gasteiger partial charge is 0.306 e. The molecule has 0 saturated carbocycles. The molecule has 0 fully saturated rings. The summed E-state index contributed by atoms with van der Waals surface area (Å²) in [5.41, 5.74) is 0. The molecule has 0 rings (SSSR count). The Morgan fingerprint density at radius 1 is 0.549 bits per heavy atom. The van der Waals surface area contributed by atoms with Gasteiger partial charge in [0, 0.05) is 6.42 Å². The Kier molecular flexibility index (Phi) is 38.7. The number of carbonyl (C=O) groups is 2. The molecule has 1 amide bonds. The number of unbranched alkanes of at least 4 members (excludes halogenated alkanes) is 26. The normalized spacial score (nSPS) is 13.4. The van der Waals surface area contributed by atoms with Crippen molar-refractivity contribution in [3.8, 4) is 0 Å². The van der Waals surface area contributed by atoms with Crippen LogP contribution in [-0.4, -0.2) is 46.9 Å². The van der Waals surface area contributed by atoms with E-state index < -0.39 is 18.2 Å². The number of aliphatic hydroxyl groups excluding tert-OH is 2. The average molecular weight is 722 g/mol. The number of allylic oxidation sites excluding steroid dienone is 2. The highest BCUT2D eigenvalue weighted by molar-refractivity contribution is 5.77. The van der Waals surface area contributed by atoms with Gasteiger partial charge < -0.3 is 20.3 Å². The second-order valence-electron chi connectivity index (χ2n) is 15.5.